The standard InChI is InChI=1S/C30H32N2O5S2/c1-3-37-39(33,34)21-18-23-16-17-26(35-2)27(22-23)36-20-11-10-19-31-30-32-28(24-12-6-4-7-13-24)29(38-30)25-14-8-5-9-15-25/h4-9,12-18,21-22H,3,10-11,19-20H2,1-2H3,(H,31,32)/b21-18+. The zero-order valence-corrected chi connectivity index (χ0v) is 23.6. The molecule has 39 heavy (non-hydrogen) atoms. The summed E-state index contributed by atoms with van der Waals surface area (Å²) in [6, 6.07) is 25.8. The molecule has 204 valence electrons. The van der Waals surface area contributed by atoms with Crippen LogP contribution < -0.4 is 14.8 Å². The molecule has 0 unspecified atom stereocenters. The van der Waals surface area contributed by atoms with Gasteiger partial charge in [-0.2, -0.15) is 8.42 Å². The van der Waals surface area contributed by atoms with E-state index < -0.39 is 10.1 Å². The van der Waals surface area contributed by atoms with Crippen LogP contribution in [0.5, 0.6) is 11.5 Å². The maximum atomic E-state index is 11.8. The molecule has 0 aliphatic heterocycles. The van der Waals surface area contributed by atoms with E-state index in [2.05, 4.69) is 29.6 Å². The third-order valence-electron chi connectivity index (χ3n) is 5.71. The fraction of sp³-hybridized carbons (Fsp3) is 0.233. The van der Waals surface area contributed by atoms with Crippen LogP contribution in [0.3, 0.4) is 0 Å². The SMILES string of the molecule is CCOS(=O)(=O)/C=C/c1ccc(OC)c(OCCCCNc2nc(-c3ccccc3)c(-c3ccccc3)s2)c1. The molecule has 1 heterocycles. The lowest BCUT2D eigenvalue weighted by Gasteiger charge is -2.11. The van der Waals surface area contributed by atoms with Crippen LogP contribution in [0.25, 0.3) is 27.8 Å². The Hall–Kier alpha value is -3.66. The minimum atomic E-state index is -3.71. The molecule has 4 rings (SSSR count). The Kier molecular flexibility index (Phi) is 10.1. The van der Waals surface area contributed by atoms with E-state index in [-0.39, 0.29) is 6.61 Å². The predicted octanol–water partition coefficient (Wildman–Crippen LogP) is 7.09. The Morgan fingerprint density at radius 2 is 1.64 bits per heavy atom. The molecule has 9 heteroatoms. The van der Waals surface area contributed by atoms with Crippen LogP contribution in [0, 0.1) is 0 Å². The summed E-state index contributed by atoms with van der Waals surface area (Å²) in [7, 11) is -2.13. The molecular formula is C30H32N2O5S2. The number of ether oxygens (including phenoxy) is 2. The van der Waals surface area contributed by atoms with Crippen LogP contribution in [0.15, 0.2) is 84.3 Å². The number of methoxy groups -OCH3 is 1. The van der Waals surface area contributed by atoms with Crippen LogP contribution in [0.4, 0.5) is 5.13 Å². The first-order valence-corrected chi connectivity index (χ1v) is 15.0. The normalized spacial score (nSPS) is 11.5. The number of anilines is 1. The van der Waals surface area contributed by atoms with Crippen molar-refractivity contribution in [2.24, 2.45) is 0 Å². The summed E-state index contributed by atoms with van der Waals surface area (Å²) in [4.78, 5) is 6.04. The number of benzene rings is 3. The number of thiazole rings is 1. The minimum absolute atomic E-state index is 0.0867. The van der Waals surface area contributed by atoms with Crippen molar-refractivity contribution in [3.63, 3.8) is 0 Å². The van der Waals surface area contributed by atoms with Gasteiger partial charge in [0.15, 0.2) is 16.6 Å². The highest BCUT2D eigenvalue weighted by Crippen LogP contribution is 2.38. The second-order valence-corrected chi connectivity index (χ2v) is 11.0. The third-order valence-corrected chi connectivity index (χ3v) is 7.81. The molecule has 0 spiro atoms. The van der Waals surface area contributed by atoms with Crippen molar-refractivity contribution in [3.05, 3.63) is 89.8 Å². The number of hydrogen-bond acceptors (Lipinski definition) is 8. The van der Waals surface area contributed by atoms with Gasteiger partial charge in [0.1, 0.15) is 0 Å². The first-order valence-electron chi connectivity index (χ1n) is 12.7. The Bertz CT molecular complexity index is 1410. The molecular weight excluding hydrogens is 532 g/mol. The van der Waals surface area contributed by atoms with Gasteiger partial charge in [-0.3, -0.25) is 4.18 Å². The van der Waals surface area contributed by atoms with Gasteiger partial charge in [0.25, 0.3) is 10.1 Å². The lowest BCUT2D eigenvalue weighted by molar-refractivity contribution is 0.287. The molecule has 1 N–H and O–H groups in total. The molecule has 7 nitrogen and oxygen atoms in total. The Morgan fingerprint density at radius 1 is 0.923 bits per heavy atom. The van der Waals surface area contributed by atoms with E-state index in [1.165, 1.54) is 6.08 Å². The second kappa shape index (κ2) is 13.9. The zero-order chi connectivity index (χ0) is 27.5. The highest BCUT2D eigenvalue weighted by Gasteiger charge is 2.14. The first kappa shape index (κ1) is 28.4. The minimum Gasteiger partial charge on any atom is -0.493 e. The zero-order valence-electron chi connectivity index (χ0n) is 22.0. The average molecular weight is 565 g/mol. The van der Waals surface area contributed by atoms with Gasteiger partial charge >= 0.3 is 0 Å². The predicted molar refractivity (Wildman–Crippen MR) is 159 cm³/mol. The molecule has 0 saturated carbocycles. The van der Waals surface area contributed by atoms with Crippen LogP contribution in [-0.2, 0) is 14.3 Å². The molecule has 0 bridgehead atoms. The summed E-state index contributed by atoms with van der Waals surface area (Å²) in [6.45, 7) is 2.96. The highest BCUT2D eigenvalue weighted by molar-refractivity contribution is 7.89. The van der Waals surface area contributed by atoms with Gasteiger partial charge in [-0.25, -0.2) is 4.98 Å². The summed E-state index contributed by atoms with van der Waals surface area (Å²) in [6.07, 6.45) is 3.18. The fourth-order valence-electron chi connectivity index (χ4n) is 3.85. The van der Waals surface area contributed by atoms with E-state index in [0.717, 1.165) is 51.6 Å². The van der Waals surface area contributed by atoms with Crippen molar-refractivity contribution < 1.29 is 22.1 Å². The molecule has 1 aromatic heterocycles. The number of unbranched alkanes of at least 4 members (excludes halogenated alkanes) is 1. The molecule has 0 aliphatic rings. The number of aromatic nitrogens is 1. The highest BCUT2D eigenvalue weighted by atomic mass is 32.2. The largest absolute Gasteiger partial charge is 0.493 e. The van der Waals surface area contributed by atoms with Gasteiger partial charge in [0, 0.05) is 12.1 Å². The molecule has 4 aromatic rings. The van der Waals surface area contributed by atoms with Crippen molar-refractivity contribution in [3.8, 4) is 33.2 Å². The van der Waals surface area contributed by atoms with Gasteiger partial charge in [-0.05, 0) is 49.1 Å². The van der Waals surface area contributed by atoms with E-state index in [1.54, 1.807) is 43.6 Å². The van der Waals surface area contributed by atoms with E-state index in [4.69, 9.17) is 18.6 Å². The maximum absolute atomic E-state index is 11.8. The number of nitrogens with zero attached hydrogens (tertiary/aromatic N) is 1. The van der Waals surface area contributed by atoms with Crippen molar-refractivity contribution in [1.29, 1.82) is 0 Å². The van der Waals surface area contributed by atoms with E-state index in [1.807, 2.05) is 36.4 Å². The quantitative estimate of drug-likeness (QED) is 0.129. The smallest absolute Gasteiger partial charge is 0.290 e. The topological polar surface area (TPSA) is 86.8 Å². The van der Waals surface area contributed by atoms with Gasteiger partial charge in [0.2, 0.25) is 0 Å². The van der Waals surface area contributed by atoms with Crippen molar-refractivity contribution >= 4 is 32.7 Å². The molecule has 0 aliphatic carbocycles. The molecule has 0 atom stereocenters. The summed E-state index contributed by atoms with van der Waals surface area (Å²) in [5, 5.41) is 5.39. The van der Waals surface area contributed by atoms with E-state index in [0.29, 0.717) is 23.7 Å². The van der Waals surface area contributed by atoms with Crippen molar-refractivity contribution in [2.75, 3.05) is 32.2 Å². The number of nitrogens with one attached hydrogen (secondary N) is 1. The lowest BCUT2D eigenvalue weighted by Crippen LogP contribution is -2.05. The van der Waals surface area contributed by atoms with Crippen LogP contribution in [0.1, 0.15) is 25.3 Å². The van der Waals surface area contributed by atoms with Crippen LogP contribution in [-0.4, -0.2) is 40.3 Å². The maximum Gasteiger partial charge on any atom is 0.290 e. The monoisotopic (exact) mass is 564 g/mol. The van der Waals surface area contributed by atoms with Crippen LogP contribution in [0.2, 0.25) is 0 Å². The molecule has 3 aromatic carbocycles. The Balaban J connectivity index is 1.33. The second-order valence-electron chi connectivity index (χ2n) is 8.52. The fourth-order valence-corrected chi connectivity index (χ4v) is 5.60. The summed E-state index contributed by atoms with van der Waals surface area (Å²) < 4.78 is 39.6. The number of hydrogen-bond donors (Lipinski definition) is 1. The summed E-state index contributed by atoms with van der Waals surface area (Å²) in [5.74, 6) is 1.14. The Morgan fingerprint density at radius 3 is 2.33 bits per heavy atom. The van der Waals surface area contributed by atoms with E-state index in [9.17, 15) is 8.42 Å². The molecule has 0 saturated heterocycles. The van der Waals surface area contributed by atoms with Crippen LogP contribution >= 0.6 is 11.3 Å². The van der Waals surface area contributed by atoms with Crippen molar-refractivity contribution in [1.82, 2.24) is 4.98 Å². The summed E-state index contributed by atoms with van der Waals surface area (Å²) >= 11 is 1.66. The number of rotatable bonds is 14. The average Bonchev–Trinajstić information content (AvgIpc) is 3.39. The molecule has 0 amide bonds. The van der Waals surface area contributed by atoms with Gasteiger partial charge < -0.3 is 14.8 Å². The first-order chi connectivity index (χ1) is 19.0. The molecule has 0 fully saturated rings. The van der Waals surface area contributed by atoms with Gasteiger partial charge in [-0.15, -0.1) is 0 Å². The van der Waals surface area contributed by atoms with Crippen molar-refractivity contribution in [2.45, 2.75) is 19.8 Å². The van der Waals surface area contributed by atoms with Gasteiger partial charge in [-0.1, -0.05) is 78.1 Å². The lowest BCUT2D eigenvalue weighted by atomic mass is 10.1. The third kappa shape index (κ3) is 8.16. The Labute approximate surface area is 234 Å². The summed E-state index contributed by atoms with van der Waals surface area (Å²) in [5.41, 5.74) is 3.89. The molecule has 0 radical (unpaired) electrons. The van der Waals surface area contributed by atoms with Gasteiger partial charge in [0.05, 0.1) is 36.3 Å². The van der Waals surface area contributed by atoms with E-state index >= 15 is 0 Å².